The second-order valence-electron chi connectivity index (χ2n) is 8.11. The monoisotopic (exact) mass is 465 g/mol. The van der Waals surface area contributed by atoms with Crippen molar-refractivity contribution in [2.24, 2.45) is 0 Å². The van der Waals surface area contributed by atoms with E-state index in [1.54, 1.807) is 24.3 Å². The van der Waals surface area contributed by atoms with Crippen molar-refractivity contribution in [3.05, 3.63) is 112 Å². The van der Waals surface area contributed by atoms with E-state index in [0.717, 1.165) is 33.8 Å². The highest BCUT2D eigenvalue weighted by atomic mass is 35.5. The number of aromatic nitrogens is 1. The molecular formula is C29H24ClN3O. The average molecular weight is 466 g/mol. The molecule has 0 radical (unpaired) electrons. The fourth-order valence-corrected chi connectivity index (χ4v) is 4.18. The zero-order valence-electron chi connectivity index (χ0n) is 19.3. The quantitative estimate of drug-likeness (QED) is 0.249. The van der Waals surface area contributed by atoms with Crippen LogP contribution < -0.4 is 5.32 Å². The largest absolute Gasteiger partial charge is 0.321 e. The van der Waals surface area contributed by atoms with Gasteiger partial charge in [-0.3, -0.25) is 4.79 Å². The number of benzene rings is 3. The second kappa shape index (κ2) is 9.82. The molecule has 0 unspecified atom stereocenters. The number of anilines is 1. The number of halogens is 1. The number of amides is 1. The highest BCUT2D eigenvalue weighted by Gasteiger charge is 2.15. The van der Waals surface area contributed by atoms with E-state index >= 15 is 0 Å². The lowest BCUT2D eigenvalue weighted by Gasteiger charge is -2.11. The van der Waals surface area contributed by atoms with Gasteiger partial charge in [-0.15, -0.1) is 0 Å². The number of rotatable bonds is 5. The SMILES string of the molecule is Cc1c(Cl)cccc1NC(=O)/C(C#N)=C/c1cc(C)n(-c2ccc(-c3ccccc3)cc2)c1C. The van der Waals surface area contributed by atoms with Crippen molar-refractivity contribution in [3.8, 4) is 22.9 Å². The molecule has 168 valence electrons. The third-order valence-electron chi connectivity index (χ3n) is 5.88. The second-order valence-corrected chi connectivity index (χ2v) is 8.52. The zero-order valence-corrected chi connectivity index (χ0v) is 20.0. The summed E-state index contributed by atoms with van der Waals surface area (Å²) >= 11 is 6.15. The van der Waals surface area contributed by atoms with Gasteiger partial charge in [0.1, 0.15) is 11.6 Å². The van der Waals surface area contributed by atoms with Crippen LogP contribution in [0, 0.1) is 32.1 Å². The van der Waals surface area contributed by atoms with E-state index < -0.39 is 5.91 Å². The van der Waals surface area contributed by atoms with Crippen LogP contribution in [-0.2, 0) is 4.79 Å². The van der Waals surface area contributed by atoms with E-state index in [9.17, 15) is 10.1 Å². The third-order valence-corrected chi connectivity index (χ3v) is 6.29. The molecule has 1 amide bonds. The highest BCUT2D eigenvalue weighted by molar-refractivity contribution is 6.31. The molecule has 34 heavy (non-hydrogen) atoms. The summed E-state index contributed by atoms with van der Waals surface area (Å²) < 4.78 is 2.12. The van der Waals surface area contributed by atoms with E-state index in [4.69, 9.17) is 11.6 Å². The van der Waals surface area contributed by atoms with Crippen LogP contribution in [0.1, 0.15) is 22.5 Å². The molecule has 0 bridgehead atoms. The first-order valence-corrected chi connectivity index (χ1v) is 11.3. The summed E-state index contributed by atoms with van der Waals surface area (Å²) in [4.78, 5) is 12.8. The number of aryl methyl sites for hydroxylation is 1. The van der Waals surface area contributed by atoms with Crippen molar-refractivity contribution in [3.63, 3.8) is 0 Å². The van der Waals surface area contributed by atoms with Gasteiger partial charge in [0, 0.05) is 27.8 Å². The smallest absolute Gasteiger partial charge is 0.266 e. The van der Waals surface area contributed by atoms with Crippen molar-refractivity contribution in [1.29, 1.82) is 5.26 Å². The van der Waals surface area contributed by atoms with E-state index in [2.05, 4.69) is 46.3 Å². The fourth-order valence-electron chi connectivity index (χ4n) is 4.00. The van der Waals surface area contributed by atoms with E-state index in [0.29, 0.717) is 10.7 Å². The summed E-state index contributed by atoms with van der Waals surface area (Å²) in [6, 6.07) is 27.9. The summed E-state index contributed by atoms with van der Waals surface area (Å²) in [5.41, 5.74) is 7.48. The summed E-state index contributed by atoms with van der Waals surface area (Å²) in [5, 5.41) is 13.0. The van der Waals surface area contributed by atoms with Gasteiger partial charge >= 0.3 is 0 Å². The van der Waals surface area contributed by atoms with Gasteiger partial charge in [-0.2, -0.15) is 5.26 Å². The van der Waals surface area contributed by atoms with Gasteiger partial charge in [-0.1, -0.05) is 60.1 Å². The minimum Gasteiger partial charge on any atom is -0.321 e. The standard InChI is InChI=1S/C29H24ClN3O/c1-19-16-24(17-25(18-31)29(34)32-28-11-7-10-27(30)20(28)2)21(3)33(19)26-14-12-23(13-15-26)22-8-5-4-6-9-22/h4-17H,1-3H3,(H,32,34)/b25-17+. The average Bonchev–Trinajstić information content (AvgIpc) is 3.13. The lowest BCUT2D eigenvalue weighted by atomic mass is 10.1. The maximum atomic E-state index is 12.8. The molecule has 0 fully saturated rings. The van der Waals surface area contributed by atoms with Gasteiger partial charge in [0.15, 0.2) is 0 Å². The lowest BCUT2D eigenvalue weighted by Crippen LogP contribution is -2.14. The summed E-state index contributed by atoms with van der Waals surface area (Å²) in [7, 11) is 0. The van der Waals surface area contributed by atoms with Crippen LogP contribution in [-0.4, -0.2) is 10.5 Å². The van der Waals surface area contributed by atoms with Crippen LogP contribution in [0.2, 0.25) is 5.02 Å². The molecule has 5 heteroatoms. The topological polar surface area (TPSA) is 57.8 Å². The maximum Gasteiger partial charge on any atom is 0.266 e. The molecule has 0 saturated heterocycles. The number of nitrogens with zero attached hydrogens (tertiary/aromatic N) is 2. The maximum absolute atomic E-state index is 12.8. The van der Waals surface area contributed by atoms with E-state index in [1.807, 2.05) is 51.1 Å². The Hall–Kier alpha value is -4.07. The van der Waals surface area contributed by atoms with Crippen molar-refractivity contribution >= 4 is 29.3 Å². The molecule has 3 aromatic carbocycles. The van der Waals surface area contributed by atoms with Crippen LogP contribution in [0.15, 0.2) is 84.4 Å². The molecule has 4 rings (SSSR count). The van der Waals surface area contributed by atoms with Gasteiger partial charge in [-0.25, -0.2) is 0 Å². The molecule has 1 N–H and O–H groups in total. The molecule has 1 heterocycles. The molecule has 0 spiro atoms. The van der Waals surface area contributed by atoms with Crippen LogP contribution in [0.3, 0.4) is 0 Å². The molecule has 0 saturated carbocycles. The molecule has 4 nitrogen and oxygen atoms in total. The first-order valence-electron chi connectivity index (χ1n) is 10.9. The molecule has 0 aliphatic rings. The van der Waals surface area contributed by atoms with Crippen molar-refractivity contribution < 1.29 is 4.79 Å². The Morgan fingerprint density at radius 3 is 2.29 bits per heavy atom. The van der Waals surface area contributed by atoms with Crippen LogP contribution >= 0.6 is 11.6 Å². The summed E-state index contributed by atoms with van der Waals surface area (Å²) in [6.45, 7) is 5.82. The van der Waals surface area contributed by atoms with Crippen molar-refractivity contribution in [2.75, 3.05) is 5.32 Å². The Labute approximate surface area is 204 Å². The molecule has 0 aliphatic carbocycles. The molecule has 0 atom stereocenters. The summed E-state index contributed by atoms with van der Waals surface area (Å²) in [6.07, 6.45) is 1.63. The van der Waals surface area contributed by atoms with Gasteiger partial charge in [0.05, 0.1) is 0 Å². The first kappa shape index (κ1) is 23.1. The molecule has 0 aliphatic heterocycles. The highest BCUT2D eigenvalue weighted by Crippen LogP contribution is 2.27. The number of carbonyl (C=O) groups is 1. The third kappa shape index (κ3) is 4.66. The Morgan fingerprint density at radius 2 is 1.62 bits per heavy atom. The van der Waals surface area contributed by atoms with E-state index in [1.165, 1.54) is 5.56 Å². The Bertz CT molecular complexity index is 1420. The Balaban J connectivity index is 1.63. The molecular weight excluding hydrogens is 442 g/mol. The predicted molar refractivity (Wildman–Crippen MR) is 139 cm³/mol. The Morgan fingerprint density at radius 1 is 0.941 bits per heavy atom. The van der Waals surface area contributed by atoms with Gasteiger partial charge in [0.2, 0.25) is 0 Å². The summed E-state index contributed by atoms with van der Waals surface area (Å²) in [5.74, 6) is -0.468. The van der Waals surface area contributed by atoms with Crippen molar-refractivity contribution in [2.45, 2.75) is 20.8 Å². The normalized spacial score (nSPS) is 11.2. The number of nitrogens with one attached hydrogen (secondary N) is 1. The number of nitriles is 1. The number of hydrogen-bond donors (Lipinski definition) is 1. The molecule has 4 aromatic rings. The minimum absolute atomic E-state index is 0.0269. The van der Waals surface area contributed by atoms with Crippen LogP contribution in [0.4, 0.5) is 5.69 Å². The van der Waals surface area contributed by atoms with E-state index in [-0.39, 0.29) is 5.57 Å². The van der Waals surface area contributed by atoms with Crippen LogP contribution in [0.25, 0.3) is 22.9 Å². The number of carbonyl (C=O) groups excluding carboxylic acids is 1. The zero-order chi connectivity index (χ0) is 24.2. The first-order chi connectivity index (χ1) is 16.4. The van der Waals surface area contributed by atoms with Gasteiger partial charge < -0.3 is 9.88 Å². The van der Waals surface area contributed by atoms with Gasteiger partial charge in [0.25, 0.3) is 5.91 Å². The Kier molecular flexibility index (Phi) is 6.67. The van der Waals surface area contributed by atoms with Crippen molar-refractivity contribution in [1.82, 2.24) is 4.57 Å². The fraction of sp³-hybridized carbons (Fsp3) is 0.103. The van der Waals surface area contributed by atoms with Gasteiger partial charge in [-0.05, 0) is 79.4 Å². The predicted octanol–water partition coefficient (Wildman–Crippen LogP) is 7.27. The number of hydrogen-bond acceptors (Lipinski definition) is 2. The molecule has 1 aromatic heterocycles. The minimum atomic E-state index is -0.468. The lowest BCUT2D eigenvalue weighted by molar-refractivity contribution is -0.112. The van der Waals surface area contributed by atoms with Crippen LogP contribution in [0.5, 0.6) is 0 Å².